The number of ketones is 2. The van der Waals surface area contributed by atoms with Gasteiger partial charge in [0.05, 0.1) is 31.0 Å². The van der Waals surface area contributed by atoms with Gasteiger partial charge in [-0.25, -0.2) is 4.79 Å². The van der Waals surface area contributed by atoms with Crippen LogP contribution in [-0.2, 0) is 42.9 Å². The second kappa shape index (κ2) is 37.9. The standard InChI is InChI=1S/C41H63NO9.C10H20O.C2H7OP.CH4O/c1-27(14-10-9-11-15-28(2)39(49-8)24-34-18-17-29(3)40(26-43)51-34)22-30(4)37(46)25-38(47)32(6)23-31(5)36(45)19-21-50-41(48)35-16-12-13-20-42(35)33(7)44;1-3-5-9-6-4-7-10(8-9)11-2;1-4(2)3;1-2/h9-11,14-15,23,26-27,29-31,34-35,38-40,47H,12-13,16-22,24-25H2,1-8H3;9-10H,3-8H2,1-2H3;3H,1-2H3;2H,1H3/b11-9+,14-10+,28-15+,32-23+;;;/t27-,29?,30?,31?,34?,35?,38?,39?,40?;;;/m1.../s1. The number of carbonyl (C=O) groups excluding carboxylic acids is 5. The summed E-state index contributed by atoms with van der Waals surface area (Å²) in [7, 11) is 3.91. The van der Waals surface area contributed by atoms with E-state index in [-0.39, 0.29) is 73.0 Å². The maximum Gasteiger partial charge on any atom is 0.328 e. The molecule has 3 rings (SSSR count). The fraction of sp³-hybridized carbons (Fsp3) is 0.759. The summed E-state index contributed by atoms with van der Waals surface area (Å²) in [5.41, 5.74) is 1.62. The first-order chi connectivity index (χ1) is 32.3. The molecule has 392 valence electrons. The van der Waals surface area contributed by atoms with Crippen LogP contribution in [0.1, 0.15) is 152 Å². The quantitative estimate of drug-likeness (QED) is 0.0290. The van der Waals surface area contributed by atoms with Crippen molar-refractivity contribution < 1.29 is 58.0 Å². The topological polar surface area (TPSA) is 186 Å². The predicted molar refractivity (Wildman–Crippen MR) is 274 cm³/mol. The van der Waals surface area contributed by atoms with Crippen LogP contribution in [0, 0.1) is 29.6 Å². The van der Waals surface area contributed by atoms with Crippen LogP contribution in [0.25, 0.3) is 0 Å². The van der Waals surface area contributed by atoms with Crippen molar-refractivity contribution in [2.24, 2.45) is 29.6 Å². The molecule has 0 spiro atoms. The summed E-state index contributed by atoms with van der Waals surface area (Å²) >= 11 is 0. The van der Waals surface area contributed by atoms with Crippen LogP contribution in [0.15, 0.2) is 47.6 Å². The highest BCUT2D eigenvalue weighted by molar-refractivity contribution is 7.49. The first-order valence-corrected chi connectivity index (χ1v) is 27.3. The molecule has 68 heavy (non-hydrogen) atoms. The predicted octanol–water partition coefficient (Wildman–Crippen LogP) is 9.54. The SMILES string of the molecule is CCCC1CCCC(OC)C1.CO.COC(CC1CCC(C)C(C=O)O1)/C(C)=C/C=C/C=C/[C@@H](C)CC(C)C(=O)CC(O)/C(C)=C/C(C)C(=O)CCOC(=O)C1CCCCN1C(C)=O.CP(C)O. The van der Waals surface area contributed by atoms with Crippen molar-refractivity contribution in [1.29, 1.82) is 0 Å². The maximum absolute atomic E-state index is 12.9. The normalized spacial score (nSPS) is 24.5. The third kappa shape index (κ3) is 27.5. The molecule has 3 N–H and O–H groups in total. The van der Waals surface area contributed by atoms with Crippen LogP contribution in [-0.4, -0.2) is 134 Å². The van der Waals surface area contributed by atoms with Crippen molar-refractivity contribution in [3.05, 3.63) is 47.6 Å². The summed E-state index contributed by atoms with van der Waals surface area (Å²) in [5, 5.41) is 17.7. The average molecular weight is 980 g/mol. The van der Waals surface area contributed by atoms with Gasteiger partial charge in [0, 0.05) is 74.0 Å². The van der Waals surface area contributed by atoms with Gasteiger partial charge < -0.3 is 43.7 Å². The summed E-state index contributed by atoms with van der Waals surface area (Å²) in [6, 6.07) is -0.596. The molecule has 10 unspecified atom stereocenters. The Morgan fingerprint density at radius 3 is 2.18 bits per heavy atom. The second-order valence-electron chi connectivity index (χ2n) is 19.2. The molecule has 13 nitrogen and oxygen atoms in total. The van der Waals surface area contributed by atoms with E-state index in [1.165, 1.54) is 50.3 Å². The molecule has 3 fully saturated rings. The minimum atomic E-state index is -0.990. The van der Waals surface area contributed by atoms with Gasteiger partial charge in [-0.1, -0.05) is 96.8 Å². The first kappa shape index (κ1) is 65.1. The third-order valence-corrected chi connectivity index (χ3v) is 13.0. The molecule has 2 saturated heterocycles. The largest absolute Gasteiger partial charge is 0.464 e. The van der Waals surface area contributed by atoms with E-state index >= 15 is 0 Å². The minimum absolute atomic E-state index is 0.00283. The number of carbonyl (C=O) groups is 5. The number of amides is 1. The highest BCUT2D eigenvalue weighted by Gasteiger charge is 2.32. The van der Waals surface area contributed by atoms with Crippen molar-refractivity contribution in [3.8, 4) is 0 Å². The number of hydrogen-bond acceptors (Lipinski definition) is 12. The van der Waals surface area contributed by atoms with Gasteiger partial charge in [-0.3, -0.25) is 14.4 Å². The average Bonchev–Trinajstić information content (AvgIpc) is 3.31. The van der Waals surface area contributed by atoms with Crippen molar-refractivity contribution in [1.82, 2.24) is 4.90 Å². The van der Waals surface area contributed by atoms with Crippen molar-refractivity contribution >= 4 is 37.9 Å². The lowest BCUT2D eigenvalue weighted by molar-refractivity contribution is -0.156. The molecular formula is C54H94NO12P. The van der Waals surface area contributed by atoms with E-state index in [2.05, 4.69) is 19.9 Å². The molecular weight excluding hydrogens is 886 g/mol. The van der Waals surface area contributed by atoms with E-state index in [1.807, 2.05) is 52.2 Å². The number of ether oxygens (including phenoxy) is 4. The van der Waals surface area contributed by atoms with E-state index in [0.717, 1.165) is 50.6 Å². The van der Waals surface area contributed by atoms with Gasteiger partial charge in [0.2, 0.25) is 5.91 Å². The lowest BCUT2D eigenvalue weighted by Crippen LogP contribution is -2.47. The molecule has 0 aromatic carbocycles. The summed E-state index contributed by atoms with van der Waals surface area (Å²) < 4.78 is 22.4. The van der Waals surface area contributed by atoms with Crippen LogP contribution in [0.5, 0.6) is 0 Å². The summed E-state index contributed by atoms with van der Waals surface area (Å²) in [6.45, 7) is 19.2. The monoisotopic (exact) mass is 980 g/mol. The number of Topliss-reactive ketones (excluding diaryl/α,β-unsaturated/α-hetero) is 2. The number of esters is 1. The van der Waals surface area contributed by atoms with Crippen LogP contribution >= 0.6 is 8.15 Å². The number of aliphatic hydroxyl groups excluding tert-OH is 2. The second-order valence-corrected chi connectivity index (χ2v) is 20.9. The van der Waals surface area contributed by atoms with Crippen LogP contribution in [0.4, 0.5) is 0 Å². The van der Waals surface area contributed by atoms with Gasteiger partial charge in [0.25, 0.3) is 0 Å². The molecule has 1 amide bonds. The van der Waals surface area contributed by atoms with Gasteiger partial charge in [0.1, 0.15) is 30.0 Å². The molecule has 1 saturated carbocycles. The third-order valence-electron chi connectivity index (χ3n) is 13.0. The molecule has 0 radical (unpaired) electrons. The zero-order valence-electron chi connectivity index (χ0n) is 44.3. The van der Waals surface area contributed by atoms with Crippen molar-refractivity contribution in [2.45, 2.75) is 188 Å². The molecule has 0 bridgehead atoms. The van der Waals surface area contributed by atoms with Gasteiger partial charge in [-0.05, 0) is 107 Å². The number of piperidine rings is 1. The molecule has 11 atom stereocenters. The van der Waals surface area contributed by atoms with E-state index in [4.69, 9.17) is 28.9 Å². The highest BCUT2D eigenvalue weighted by atomic mass is 31.1. The van der Waals surface area contributed by atoms with Crippen LogP contribution in [0.3, 0.4) is 0 Å². The Labute approximate surface area is 412 Å². The van der Waals surface area contributed by atoms with Crippen molar-refractivity contribution in [2.75, 3.05) is 47.8 Å². The summed E-state index contributed by atoms with van der Waals surface area (Å²) in [5.74, 6) is -0.242. The smallest absolute Gasteiger partial charge is 0.328 e. The van der Waals surface area contributed by atoms with Gasteiger partial charge >= 0.3 is 5.97 Å². The zero-order valence-corrected chi connectivity index (χ0v) is 45.2. The van der Waals surface area contributed by atoms with Gasteiger partial charge in [0.15, 0.2) is 0 Å². The van der Waals surface area contributed by atoms with Crippen LogP contribution in [0.2, 0.25) is 0 Å². The molecule has 3 aliphatic rings. The van der Waals surface area contributed by atoms with E-state index in [9.17, 15) is 29.1 Å². The number of rotatable bonds is 23. The molecule has 0 aromatic heterocycles. The van der Waals surface area contributed by atoms with Crippen molar-refractivity contribution in [3.63, 3.8) is 0 Å². The highest BCUT2D eigenvalue weighted by Crippen LogP contribution is 2.30. The van der Waals surface area contributed by atoms with Crippen LogP contribution < -0.4 is 0 Å². The Hall–Kier alpha value is -2.90. The Morgan fingerprint density at radius 1 is 0.897 bits per heavy atom. The lowest BCUT2D eigenvalue weighted by atomic mass is 9.84. The molecule has 1 aliphatic carbocycles. The van der Waals surface area contributed by atoms with E-state index in [1.54, 1.807) is 40.4 Å². The summed E-state index contributed by atoms with van der Waals surface area (Å²) in [4.78, 5) is 71.0. The van der Waals surface area contributed by atoms with E-state index in [0.29, 0.717) is 37.5 Å². The number of hydrogen-bond donors (Lipinski definition) is 3. The van der Waals surface area contributed by atoms with Gasteiger partial charge in [-0.15, -0.1) is 0 Å². The first-order valence-electron chi connectivity index (χ1n) is 25.1. The van der Waals surface area contributed by atoms with Gasteiger partial charge in [-0.2, -0.15) is 0 Å². The molecule has 14 heteroatoms. The number of aliphatic hydroxyl groups is 2. The fourth-order valence-corrected chi connectivity index (χ4v) is 8.89. The molecule has 2 aliphatic heterocycles. The maximum atomic E-state index is 12.9. The number of methoxy groups -OCH3 is 2. The van der Waals surface area contributed by atoms with E-state index < -0.39 is 32.2 Å². The molecule has 0 aromatic rings. The Bertz CT molecular complexity index is 1560. The Balaban J connectivity index is 0.00000222. The number of aldehydes is 1. The lowest BCUT2D eigenvalue weighted by Gasteiger charge is -2.33. The Morgan fingerprint density at radius 2 is 1.57 bits per heavy atom. The number of nitrogens with zero attached hydrogens (tertiary/aromatic N) is 1. The Kier molecular flexibility index (Phi) is 36.2. The summed E-state index contributed by atoms with van der Waals surface area (Å²) in [6.07, 6.45) is 25.3. The zero-order chi connectivity index (χ0) is 51.8. The molecule has 2 heterocycles. The minimum Gasteiger partial charge on any atom is -0.464 e. The number of allylic oxidation sites excluding steroid dienone is 6. The number of likely N-dealkylation sites (tertiary alicyclic amines) is 1. The fourth-order valence-electron chi connectivity index (χ4n) is 8.89.